The third kappa shape index (κ3) is 4.66. The van der Waals surface area contributed by atoms with Gasteiger partial charge in [0.25, 0.3) is 0 Å². The van der Waals surface area contributed by atoms with Gasteiger partial charge in [0.2, 0.25) is 17.7 Å². The van der Waals surface area contributed by atoms with Crippen molar-refractivity contribution in [1.29, 1.82) is 0 Å². The van der Waals surface area contributed by atoms with Crippen molar-refractivity contribution >= 4 is 23.4 Å². The molecule has 2 bridgehead atoms. The number of rotatable bonds is 5. The molecule has 0 aromatic heterocycles. The number of carbonyl (C=O) groups excluding carboxylic acids is 3. The van der Waals surface area contributed by atoms with Crippen LogP contribution in [0.3, 0.4) is 0 Å². The van der Waals surface area contributed by atoms with Gasteiger partial charge in [0.05, 0.1) is 5.92 Å². The minimum Gasteiger partial charge on any atom is -0.347 e. The second-order valence-corrected chi connectivity index (χ2v) is 7.75. The van der Waals surface area contributed by atoms with Crippen molar-refractivity contribution < 1.29 is 14.4 Å². The molecule has 0 radical (unpaired) electrons. The molecule has 0 aliphatic carbocycles. The number of nitrogens with one attached hydrogen (secondary N) is 1. The average molecular weight is 372 g/mol. The van der Waals surface area contributed by atoms with Crippen LogP contribution in [0.4, 0.5) is 5.69 Å². The lowest BCUT2D eigenvalue weighted by Gasteiger charge is -2.36. The smallest absolute Gasteiger partial charge is 0.241 e. The van der Waals surface area contributed by atoms with Crippen molar-refractivity contribution in [2.24, 2.45) is 5.92 Å². The minimum atomic E-state index is -0.0854. The molecule has 0 spiro atoms. The zero-order valence-electron chi connectivity index (χ0n) is 16.3. The molecule has 1 N–H and O–H groups in total. The van der Waals surface area contributed by atoms with E-state index in [1.807, 2.05) is 24.3 Å². The number of nitrogens with zero attached hydrogens (tertiary/aromatic N) is 3. The van der Waals surface area contributed by atoms with Gasteiger partial charge in [-0.1, -0.05) is 12.1 Å². The van der Waals surface area contributed by atoms with E-state index in [2.05, 4.69) is 10.2 Å². The Kier molecular flexibility index (Phi) is 5.79. The van der Waals surface area contributed by atoms with Crippen LogP contribution in [0.15, 0.2) is 24.3 Å². The van der Waals surface area contributed by atoms with Crippen LogP contribution in [-0.2, 0) is 20.9 Å². The Labute approximate surface area is 160 Å². The molecular formula is C20H28N4O3. The molecule has 7 nitrogen and oxygen atoms in total. The van der Waals surface area contributed by atoms with Gasteiger partial charge < -0.3 is 15.1 Å². The molecular weight excluding hydrogens is 344 g/mol. The maximum atomic E-state index is 12.8. The van der Waals surface area contributed by atoms with E-state index >= 15 is 0 Å². The van der Waals surface area contributed by atoms with E-state index < -0.39 is 0 Å². The minimum absolute atomic E-state index is 0.0302. The zero-order chi connectivity index (χ0) is 19.6. The summed E-state index contributed by atoms with van der Waals surface area (Å²) < 4.78 is 0. The van der Waals surface area contributed by atoms with Crippen LogP contribution in [0.5, 0.6) is 0 Å². The van der Waals surface area contributed by atoms with Crippen LogP contribution >= 0.6 is 0 Å². The number of anilines is 1. The van der Waals surface area contributed by atoms with Crippen LogP contribution in [0.2, 0.25) is 0 Å². The lowest BCUT2D eigenvalue weighted by Crippen LogP contribution is -2.51. The van der Waals surface area contributed by atoms with E-state index in [9.17, 15) is 14.4 Å². The molecule has 1 aromatic rings. The van der Waals surface area contributed by atoms with Crippen molar-refractivity contribution in [1.82, 2.24) is 14.7 Å². The summed E-state index contributed by atoms with van der Waals surface area (Å²) in [6, 6.07) is 7.91. The van der Waals surface area contributed by atoms with Gasteiger partial charge in [-0.15, -0.1) is 0 Å². The first-order valence-electron chi connectivity index (χ1n) is 9.43. The number of hydrogen-bond donors (Lipinski definition) is 1. The summed E-state index contributed by atoms with van der Waals surface area (Å²) in [6.07, 6.45) is 1.85. The Hall–Kier alpha value is -2.41. The van der Waals surface area contributed by atoms with E-state index in [1.165, 1.54) is 6.92 Å². The molecule has 2 atom stereocenters. The van der Waals surface area contributed by atoms with Gasteiger partial charge >= 0.3 is 0 Å². The normalized spacial score (nSPS) is 22.5. The van der Waals surface area contributed by atoms with Crippen molar-refractivity contribution in [2.45, 2.75) is 32.4 Å². The topological polar surface area (TPSA) is 73.0 Å². The van der Waals surface area contributed by atoms with Crippen molar-refractivity contribution in [3.05, 3.63) is 29.8 Å². The van der Waals surface area contributed by atoms with Gasteiger partial charge in [-0.2, -0.15) is 0 Å². The first-order chi connectivity index (χ1) is 12.8. The predicted octanol–water partition coefficient (Wildman–Crippen LogP) is 1.16. The van der Waals surface area contributed by atoms with Crippen LogP contribution in [0, 0.1) is 5.92 Å². The van der Waals surface area contributed by atoms with Crippen LogP contribution in [-0.4, -0.2) is 72.2 Å². The number of likely N-dealkylation sites (N-methyl/N-ethyl adjacent to an activating group) is 1. The van der Waals surface area contributed by atoms with Gasteiger partial charge in [0.1, 0.15) is 6.54 Å². The molecule has 3 aliphatic rings. The van der Waals surface area contributed by atoms with Crippen molar-refractivity contribution in [3.63, 3.8) is 0 Å². The summed E-state index contributed by atoms with van der Waals surface area (Å²) in [6.45, 7) is 3.94. The fourth-order valence-electron chi connectivity index (χ4n) is 3.91. The first-order valence-corrected chi connectivity index (χ1v) is 9.43. The van der Waals surface area contributed by atoms with E-state index in [0.717, 1.165) is 43.7 Å². The van der Waals surface area contributed by atoms with E-state index in [-0.39, 0.29) is 36.2 Å². The van der Waals surface area contributed by atoms with Gasteiger partial charge in [-0.25, -0.2) is 0 Å². The number of amides is 3. The predicted molar refractivity (Wildman–Crippen MR) is 103 cm³/mol. The Morgan fingerprint density at radius 3 is 2.48 bits per heavy atom. The fourth-order valence-corrected chi connectivity index (χ4v) is 3.91. The van der Waals surface area contributed by atoms with Gasteiger partial charge in [-0.05, 0) is 30.5 Å². The molecule has 3 amide bonds. The molecule has 3 heterocycles. The lowest BCUT2D eigenvalue weighted by atomic mass is 9.94. The summed E-state index contributed by atoms with van der Waals surface area (Å²) in [7, 11) is 3.44. The Bertz CT molecular complexity index is 716. The summed E-state index contributed by atoms with van der Waals surface area (Å²) in [4.78, 5) is 41.7. The number of carbonyl (C=O) groups is 3. The molecule has 1 aromatic carbocycles. The molecule has 0 unspecified atom stereocenters. The van der Waals surface area contributed by atoms with E-state index in [0.29, 0.717) is 0 Å². The number of piperidine rings is 1. The van der Waals surface area contributed by atoms with Crippen molar-refractivity contribution in [2.75, 3.05) is 39.0 Å². The van der Waals surface area contributed by atoms with Crippen LogP contribution in [0.25, 0.3) is 0 Å². The molecule has 27 heavy (non-hydrogen) atoms. The monoisotopic (exact) mass is 372 g/mol. The van der Waals surface area contributed by atoms with E-state index in [1.54, 1.807) is 23.9 Å². The number of hydrogen-bond acceptors (Lipinski definition) is 4. The maximum absolute atomic E-state index is 12.8. The number of fused-ring (bicyclic) bond motifs is 4. The molecule has 3 aliphatic heterocycles. The average Bonchev–Trinajstić information content (AvgIpc) is 2.88. The molecule has 7 heteroatoms. The molecule has 3 saturated heterocycles. The summed E-state index contributed by atoms with van der Waals surface area (Å²) in [5.41, 5.74) is 1.93. The maximum Gasteiger partial charge on any atom is 0.241 e. The Balaban J connectivity index is 1.66. The lowest BCUT2D eigenvalue weighted by molar-refractivity contribution is -0.145. The highest BCUT2D eigenvalue weighted by Gasteiger charge is 2.41. The molecule has 4 rings (SSSR count). The van der Waals surface area contributed by atoms with Crippen LogP contribution in [0.1, 0.15) is 25.3 Å². The molecule has 146 valence electrons. The third-order valence-electron chi connectivity index (χ3n) is 5.35. The standard InChI is InChI=1S/C20H28N4O3/c1-14(25)21-17-7-4-15(5-8-17)10-23-11-16-6-9-18(12-23)24(20(16)27)13-19(26)22(2)3/h4-5,7-8,16,18H,6,9-13H2,1-3H3,(H,21,25)/t16-,18+/m1/s1. The Morgan fingerprint density at radius 2 is 1.85 bits per heavy atom. The number of benzene rings is 1. The highest BCUT2D eigenvalue weighted by molar-refractivity contribution is 5.88. The van der Waals surface area contributed by atoms with Gasteiger partial charge in [0.15, 0.2) is 0 Å². The molecule has 0 saturated carbocycles. The first kappa shape index (κ1) is 19.4. The highest BCUT2D eigenvalue weighted by atomic mass is 16.2. The summed E-state index contributed by atoms with van der Waals surface area (Å²) in [5.74, 6) is -0.0314. The quantitative estimate of drug-likeness (QED) is 0.842. The molecule has 3 fully saturated rings. The van der Waals surface area contributed by atoms with Crippen LogP contribution < -0.4 is 5.32 Å². The van der Waals surface area contributed by atoms with Gasteiger partial charge in [0, 0.05) is 52.4 Å². The summed E-state index contributed by atoms with van der Waals surface area (Å²) >= 11 is 0. The third-order valence-corrected chi connectivity index (χ3v) is 5.35. The highest BCUT2D eigenvalue weighted by Crippen LogP contribution is 2.30. The second-order valence-electron chi connectivity index (χ2n) is 7.75. The zero-order valence-corrected chi connectivity index (χ0v) is 16.3. The van der Waals surface area contributed by atoms with Gasteiger partial charge in [-0.3, -0.25) is 19.3 Å². The Morgan fingerprint density at radius 1 is 1.15 bits per heavy atom. The second kappa shape index (κ2) is 8.08. The summed E-state index contributed by atoms with van der Waals surface area (Å²) in [5, 5.41) is 2.77. The van der Waals surface area contributed by atoms with Crippen molar-refractivity contribution in [3.8, 4) is 0 Å². The SMILES string of the molecule is CC(=O)Nc1ccc(CN2C[C@H]3CC[C@@H](C2)N(CC(=O)N(C)C)C3=O)cc1. The van der Waals surface area contributed by atoms with E-state index in [4.69, 9.17) is 0 Å². The fraction of sp³-hybridized carbons (Fsp3) is 0.550. The largest absolute Gasteiger partial charge is 0.347 e.